The van der Waals surface area contributed by atoms with Gasteiger partial charge in [-0.1, -0.05) is 18.2 Å². The van der Waals surface area contributed by atoms with Gasteiger partial charge in [0.2, 0.25) is 0 Å². The van der Waals surface area contributed by atoms with Crippen LogP contribution in [0.5, 0.6) is 5.75 Å². The maximum Gasteiger partial charge on any atom is 0.194 e. The maximum atomic E-state index is 5.59. The predicted octanol–water partition coefficient (Wildman–Crippen LogP) is 3.99. The highest BCUT2D eigenvalue weighted by atomic mass is 32.1. The van der Waals surface area contributed by atoms with Gasteiger partial charge in [-0.2, -0.15) is 0 Å². The molecule has 0 saturated heterocycles. The largest absolute Gasteiger partial charge is 0.496 e. The number of guanidine groups is 1. The van der Waals surface area contributed by atoms with Crippen LogP contribution in [-0.4, -0.2) is 50.2 Å². The molecule has 1 saturated carbocycles. The van der Waals surface area contributed by atoms with Gasteiger partial charge >= 0.3 is 0 Å². The van der Waals surface area contributed by atoms with Crippen molar-refractivity contribution in [2.45, 2.75) is 44.8 Å². The van der Waals surface area contributed by atoms with Crippen LogP contribution in [-0.2, 0) is 16.7 Å². The van der Waals surface area contributed by atoms with Crippen LogP contribution >= 0.6 is 11.3 Å². The molecule has 1 atom stereocenters. The molecule has 1 N–H and O–H groups in total. The lowest BCUT2D eigenvalue weighted by molar-refractivity contribution is 0.119. The molecule has 1 aromatic carbocycles. The van der Waals surface area contributed by atoms with Crippen molar-refractivity contribution in [3.05, 3.63) is 45.9 Å². The Morgan fingerprint density at radius 2 is 2.10 bits per heavy atom. The van der Waals surface area contributed by atoms with E-state index >= 15 is 0 Å². The van der Waals surface area contributed by atoms with E-state index in [-0.39, 0.29) is 11.5 Å². The van der Waals surface area contributed by atoms with Crippen molar-refractivity contribution in [2.24, 2.45) is 4.99 Å². The summed E-state index contributed by atoms with van der Waals surface area (Å²) in [5, 5.41) is 6.52. The molecule has 0 bridgehead atoms. The summed E-state index contributed by atoms with van der Waals surface area (Å²) in [5.74, 6) is 1.86. The summed E-state index contributed by atoms with van der Waals surface area (Å²) in [5.41, 5.74) is 2.39. The first kappa shape index (κ1) is 21.6. The van der Waals surface area contributed by atoms with Crippen molar-refractivity contribution in [3.63, 3.8) is 0 Å². The third-order valence-corrected chi connectivity index (χ3v) is 6.48. The van der Waals surface area contributed by atoms with Gasteiger partial charge in [0, 0.05) is 37.1 Å². The first-order valence-corrected chi connectivity index (χ1v) is 11.0. The molecule has 1 aliphatic carbocycles. The Morgan fingerprint density at radius 3 is 2.76 bits per heavy atom. The maximum absolute atomic E-state index is 5.59. The predicted molar refractivity (Wildman–Crippen MR) is 119 cm³/mol. The molecule has 0 amide bonds. The second kappa shape index (κ2) is 9.59. The van der Waals surface area contributed by atoms with E-state index in [2.05, 4.69) is 41.7 Å². The van der Waals surface area contributed by atoms with Crippen molar-refractivity contribution >= 4 is 17.3 Å². The number of nitrogens with zero attached hydrogens (tertiary/aromatic N) is 3. The average Bonchev–Trinajstić information content (AvgIpc) is 3.40. The van der Waals surface area contributed by atoms with Crippen molar-refractivity contribution in [2.75, 3.05) is 34.4 Å². The molecule has 1 unspecified atom stereocenters. The third-order valence-electron chi connectivity index (χ3n) is 5.43. The molecule has 3 rings (SSSR count). The lowest BCUT2D eigenvalue weighted by Crippen LogP contribution is -2.39. The number of rotatable bonds is 9. The number of aromatic nitrogens is 1. The van der Waals surface area contributed by atoms with Crippen LogP contribution in [0.25, 0.3) is 0 Å². The van der Waals surface area contributed by atoms with Crippen LogP contribution in [0.3, 0.4) is 0 Å². The highest BCUT2D eigenvalue weighted by Gasteiger charge is 2.46. The third kappa shape index (κ3) is 5.08. The number of benzene rings is 1. The first-order chi connectivity index (χ1) is 14.0. The molecule has 158 valence electrons. The number of thiazole rings is 1. The molecule has 1 fully saturated rings. The lowest BCUT2D eigenvalue weighted by atomic mass is 9.95. The number of methoxy groups -OCH3 is 2. The van der Waals surface area contributed by atoms with Crippen LogP contribution in [0.4, 0.5) is 0 Å². The van der Waals surface area contributed by atoms with Crippen molar-refractivity contribution in [1.29, 1.82) is 0 Å². The Kier molecular flexibility index (Phi) is 7.14. The van der Waals surface area contributed by atoms with Gasteiger partial charge < -0.3 is 19.7 Å². The molecule has 1 aliphatic rings. The van der Waals surface area contributed by atoms with Crippen LogP contribution in [0.2, 0.25) is 0 Å². The quantitative estimate of drug-likeness (QED) is 0.495. The summed E-state index contributed by atoms with van der Waals surface area (Å²) in [6, 6.07) is 8.31. The summed E-state index contributed by atoms with van der Waals surface area (Å²) in [6.45, 7) is 6.40. The fourth-order valence-electron chi connectivity index (χ4n) is 3.44. The van der Waals surface area contributed by atoms with Crippen LogP contribution < -0.4 is 10.1 Å². The first-order valence-electron chi connectivity index (χ1n) is 10.1. The SMILES string of the molecule is CCNC(=NCC1(c2ccccc2OC)CC1)N(C)Cc1csc(C(C)OC)n1. The van der Waals surface area contributed by atoms with Gasteiger partial charge in [-0.3, -0.25) is 4.99 Å². The topological polar surface area (TPSA) is 59.0 Å². The minimum Gasteiger partial charge on any atom is -0.496 e. The Bertz CT molecular complexity index is 832. The zero-order chi connectivity index (χ0) is 20.9. The second-order valence-corrected chi connectivity index (χ2v) is 8.45. The molecular weight excluding hydrogens is 384 g/mol. The van der Waals surface area contributed by atoms with Gasteiger partial charge in [-0.15, -0.1) is 11.3 Å². The Labute approximate surface area is 178 Å². The minimum absolute atomic E-state index is 0.0246. The number of hydrogen-bond acceptors (Lipinski definition) is 5. The fourth-order valence-corrected chi connectivity index (χ4v) is 4.28. The van der Waals surface area contributed by atoms with Gasteiger partial charge in [0.05, 0.1) is 25.9 Å². The van der Waals surface area contributed by atoms with Gasteiger partial charge in [-0.05, 0) is 32.8 Å². The summed E-state index contributed by atoms with van der Waals surface area (Å²) >= 11 is 1.64. The summed E-state index contributed by atoms with van der Waals surface area (Å²) in [4.78, 5) is 11.8. The van der Waals surface area contributed by atoms with E-state index in [0.717, 1.165) is 48.3 Å². The molecule has 7 heteroatoms. The molecule has 0 radical (unpaired) electrons. The van der Waals surface area contributed by atoms with Gasteiger partial charge in [0.25, 0.3) is 0 Å². The molecule has 1 heterocycles. The zero-order valence-corrected chi connectivity index (χ0v) is 18.9. The molecule has 6 nitrogen and oxygen atoms in total. The van der Waals surface area contributed by atoms with Crippen molar-refractivity contribution in [1.82, 2.24) is 15.2 Å². The van der Waals surface area contributed by atoms with Gasteiger partial charge in [-0.25, -0.2) is 4.98 Å². The van der Waals surface area contributed by atoms with Crippen LogP contribution in [0, 0.1) is 0 Å². The van der Waals surface area contributed by atoms with E-state index in [0.29, 0.717) is 6.54 Å². The number of para-hydroxylation sites is 1. The van der Waals surface area contributed by atoms with E-state index in [1.54, 1.807) is 25.6 Å². The van der Waals surface area contributed by atoms with Crippen molar-refractivity contribution in [3.8, 4) is 5.75 Å². The number of nitrogens with one attached hydrogen (secondary N) is 1. The monoisotopic (exact) mass is 416 g/mol. The molecule has 1 aromatic heterocycles. The van der Waals surface area contributed by atoms with E-state index in [1.165, 1.54) is 5.56 Å². The number of ether oxygens (including phenoxy) is 2. The van der Waals surface area contributed by atoms with E-state index in [1.807, 2.05) is 19.1 Å². The Hall–Kier alpha value is -2.12. The van der Waals surface area contributed by atoms with Gasteiger partial charge in [0.1, 0.15) is 16.9 Å². The highest BCUT2D eigenvalue weighted by molar-refractivity contribution is 7.09. The molecular formula is C22H32N4O2S. The second-order valence-electron chi connectivity index (χ2n) is 7.56. The molecule has 0 aliphatic heterocycles. The lowest BCUT2D eigenvalue weighted by Gasteiger charge is -2.23. The molecule has 2 aromatic rings. The molecule has 29 heavy (non-hydrogen) atoms. The van der Waals surface area contributed by atoms with Gasteiger partial charge in [0.15, 0.2) is 5.96 Å². The van der Waals surface area contributed by atoms with Crippen molar-refractivity contribution < 1.29 is 9.47 Å². The standard InChI is InChI=1S/C22H32N4O2S/c1-6-23-21(26(3)13-17-14-29-20(25-17)16(2)27-4)24-15-22(11-12-22)18-9-7-8-10-19(18)28-5/h7-10,14,16H,6,11-13,15H2,1-5H3,(H,23,24). The Morgan fingerprint density at radius 1 is 1.34 bits per heavy atom. The average molecular weight is 417 g/mol. The van der Waals surface area contributed by atoms with Crippen LogP contribution in [0.1, 0.15) is 49.1 Å². The van der Waals surface area contributed by atoms with E-state index in [9.17, 15) is 0 Å². The summed E-state index contributed by atoms with van der Waals surface area (Å²) < 4.78 is 11.0. The molecule has 0 spiro atoms. The Balaban J connectivity index is 1.71. The van der Waals surface area contributed by atoms with E-state index in [4.69, 9.17) is 19.5 Å². The minimum atomic E-state index is 0.0246. The summed E-state index contributed by atoms with van der Waals surface area (Å²) in [6.07, 6.45) is 2.31. The van der Waals surface area contributed by atoms with Crippen LogP contribution in [0.15, 0.2) is 34.6 Å². The number of hydrogen-bond donors (Lipinski definition) is 1. The van der Waals surface area contributed by atoms with E-state index < -0.39 is 0 Å². The number of aliphatic imine (C=N–C) groups is 1. The summed E-state index contributed by atoms with van der Waals surface area (Å²) in [7, 11) is 5.51. The smallest absolute Gasteiger partial charge is 0.194 e. The highest BCUT2D eigenvalue weighted by Crippen LogP contribution is 2.51. The normalized spacial score (nSPS) is 16.4. The fraction of sp³-hybridized carbons (Fsp3) is 0.545. The zero-order valence-electron chi connectivity index (χ0n) is 18.1.